The maximum absolute atomic E-state index is 10.4. The molecule has 0 rings (SSSR count). The number of rotatable bonds is 4. The maximum atomic E-state index is 10.4. The third-order valence-corrected chi connectivity index (χ3v) is 0.746. The van der Waals surface area contributed by atoms with Crippen molar-refractivity contribution in [3.8, 4) is 0 Å². The van der Waals surface area contributed by atoms with Gasteiger partial charge >= 0.3 is 0 Å². The van der Waals surface area contributed by atoms with E-state index in [-0.39, 0.29) is 13.2 Å². The average molecular weight is 149 g/mol. The van der Waals surface area contributed by atoms with E-state index in [0.29, 0.717) is 0 Å². The lowest BCUT2D eigenvalue weighted by atomic mass is 10.4. The largest absolute Gasteiger partial charge is 0.394 e. The highest BCUT2D eigenvalue weighted by Gasteiger charge is 2.06. The highest BCUT2D eigenvalue weighted by Crippen LogP contribution is 1.78. The van der Waals surface area contributed by atoms with Crippen molar-refractivity contribution >= 4 is 5.91 Å². The summed E-state index contributed by atoms with van der Waals surface area (Å²) in [5, 5.41) is 16.7. The van der Waals surface area contributed by atoms with Crippen molar-refractivity contribution in [2.75, 3.05) is 13.2 Å². The minimum atomic E-state index is -1.08. The molecule has 0 saturated heterocycles. The van der Waals surface area contributed by atoms with Crippen LogP contribution in [0.1, 0.15) is 6.92 Å². The normalized spacial score (nSPS) is 12.7. The van der Waals surface area contributed by atoms with Crippen LogP contribution < -0.4 is 5.48 Å². The first-order valence-corrected chi connectivity index (χ1v) is 2.89. The van der Waals surface area contributed by atoms with Gasteiger partial charge in [-0.05, 0) is 6.92 Å². The molecule has 0 saturated carbocycles. The number of hydrogen-bond acceptors (Lipinski definition) is 4. The van der Waals surface area contributed by atoms with Crippen LogP contribution in [0.15, 0.2) is 0 Å². The Morgan fingerprint density at radius 1 is 1.80 bits per heavy atom. The molecule has 60 valence electrons. The number of carbonyl (C=O) groups excluding carboxylic acids is 1. The Balaban J connectivity index is 3.22. The number of aliphatic hydroxyl groups excluding tert-OH is 2. The van der Waals surface area contributed by atoms with Crippen molar-refractivity contribution in [1.82, 2.24) is 5.48 Å². The standard InChI is InChI=1S/C5H11NO4/c1-4(8)5(9)6-10-3-2-7/h4,7-8H,2-3H2,1H3,(H,6,9)/t4-/m0/s1. The predicted molar refractivity (Wildman–Crippen MR) is 32.9 cm³/mol. The molecule has 0 aliphatic heterocycles. The first kappa shape index (κ1) is 9.35. The van der Waals surface area contributed by atoms with E-state index in [9.17, 15) is 4.79 Å². The van der Waals surface area contributed by atoms with Gasteiger partial charge in [-0.2, -0.15) is 0 Å². The molecule has 5 heteroatoms. The first-order chi connectivity index (χ1) is 4.68. The molecule has 0 spiro atoms. The molecule has 0 heterocycles. The van der Waals surface area contributed by atoms with Crippen LogP contribution in [0.3, 0.4) is 0 Å². The number of amides is 1. The second-order valence-electron chi connectivity index (χ2n) is 1.71. The van der Waals surface area contributed by atoms with Crippen molar-refractivity contribution in [1.29, 1.82) is 0 Å². The fourth-order valence-electron chi connectivity index (χ4n) is 0.253. The van der Waals surface area contributed by atoms with Gasteiger partial charge in [-0.3, -0.25) is 9.63 Å². The molecular weight excluding hydrogens is 138 g/mol. The van der Waals surface area contributed by atoms with Gasteiger partial charge < -0.3 is 10.2 Å². The number of nitrogens with one attached hydrogen (secondary N) is 1. The van der Waals surface area contributed by atoms with E-state index in [4.69, 9.17) is 10.2 Å². The van der Waals surface area contributed by atoms with E-state index in [1.165, 1.54) is 6.92 Å². The van der Waals surface area contributed by atoms with Gasteiger partial charge in [-0.1, -0.05) is 0 Å². The summed E-state index contributed by atoms with van der Waals surface area (Å²) in [6, 6.07) is 0. The third kappa shape index (κ3) is 4.25. The molecule has 0 aliphatic carbocycles. The minimum absolute atomic E-state index is 0.0263. The summed E-state index contributed by atoms with van der Waals surface area (Å²) in [6.45, 7) is 1.18. The Labute approximate surface area is 58.6 Å². The lowest BCUT2D eigenvalue weighted by Gasteiger charge is -2.04. The van der Waals surface area contributed by atoms with Gasteiger partial charge in [0.15, 0.2) is 0 Å². The van der Waals surface area contributed by atoms with Crippen molar-refractivity contribution < 1.29 is 19.8 Å². The van der Waals surface area contributed by atoms with Crippen LogP contribution in [-0.2, 0) is 9.63 Å². The molecular formula is C5H11NO4. The molecule has 0 aromatic rings. The molecule has 0 radical (unpaired) electrons. The SMILES string of the molecule is C[C@H](O)C(=O)NOCCO. The summed E-state index contributed by atoms with van der Waals surface area (Å²) in [4.78, 5) is 14.8. The van der Waals surface area contributed by atoms with Crippen LogP contribution in [0.25, 0.3) is 0 Å². The molecule has 1 amide bonds. The molecule has 0 unspecified atom stereocenters. The van der Waals surface area contributed by atoms with Gasteiger partial charge in [0, 0.05) is 0 Å². The topological polar surface area (TPSA) is 78.8 Å². The quantitative estimate of drug-likeness (QED) is 0.332. The summed E-state index contributed by atoms with van der Waals surface area (Å²) in [7, 11) is 0. The van der Waals surface area contributed by atoms with Gasteiger partial charge in [0.1, 0.15) is 6.10 Å². The maximum Gasteiger partial charge on any atom is 0.272 e. The van der Waals surface area contributed by atoms with Crippen molar-refractivity contribution in [2.45, 2.75) is 13.0 Å². The number of carbonyl (C=O) groups is 1. The zero-order valence-electron chi connectivity index (χ0n) is 5.70. The Bertz CT molecular complexity index is 104. The summed E-state index contributed by atoms with van der Waals surface area (Å²) in [5.41, 5.74) is 1.93. The Kier molecular flexibility index (Phi) is 4.82. The first-order valence-electron chi connectivity index (χ1n) is 2.89. The predicted octanol–water partition coefficient (Wildman–Crippen LogP) is -1.59. The fourth-order valence-corrected chi connectivity index (χ4v) is 0.253. The Morgan fingerprint density at radius 3 is 2.80 bits per heavy atom. The van der Waals surface area contributed by atoms with E-state index >= 15 is 0 Å². The van der Waals surface area contributed by atoms with Gasteiger partial charge in [0.2, 0.25) is 0 Å². The van der Waals surface area contributed by atoms with Gasteiger partial charge in [-0.15, -0.1) is 0 Å². The molecule has 1 atom stereocenters. The molecule has 10 heavy (non-hydrogen) atoms. The third-order valence-electron chi connectivity index (χ3n) is 0.746. The molecule has 5 nitrogen and oxygen atoms in total. The second-order valence-corrected chi connectivity index (χ2v) is 1.71. The fraction of sp³-hybridized carbons (Fsp3) is 0.800. The van der Waals surface area contributed by atoms with Crippen LogP contribution in [-0.4, -0.2) is 35.4 Å². The molecule has 3 N–H and O–H groups in total. The summed E-state index contributed by atoms with van der Waals surface area (Å²) >= 11 is 0. The number of hydrogen-bond donors (Lipinski definition) is 3. The number of aliphatic hydroxyl groups is 2. The van der Waals surface area contributed by atoms with Crippen LogP contribution in [0.2, 0.25) is 0 Å². The van der Waals surface area contributed by atoms with E-state index in [2.05, 4.69) is 4.84 Å². The summed E-state index contributed by atoms with van der Waals surface area (Å²) in [5.74, 6) is -0.617. The van der Waals surface area contributed by atoms with E-state index in [0.717, 1.165) is 0 Å². The molecule has 0 fully saturated rings. The molecule has 0 aromatic heterocycles. The number of hydroxylamine groups is 1. The minimum Gasteiger partial charge on any atom is -0.394 e. The zero-order chi connectivity index (χ0) is 7.98. The summed E-state index contributed by atoms with van der Waals surface area (Å²) < 4.78 is 0. The van der Waals surface area contributed by atoms with Crippen molar-refractivity contribution in [3.05, 3.63) is 0 Å². The second kappa shape index (κ2) is 5.16. The van der Waals surface area contributed by atoms with Crippen LogP contribution in [0.5, 0.6) is 0 Å². The lowest BCUT2D eigenvalue weighted by molar-refractivity contribution is -0.142. The smallest absolute Gasteiger partial charge is 0.272 e. The molecule has 0 aliphatic rings. The lowest BCUT2D eigenvalue weighted by Crippen LogP contribution is -2.33. The van der Waals surface area contributed by atoms with Crippen molar-refractivity contribution in [3.63, 3.8) is 0 Å². The van der Waals surface area contributed by atoms with E-state index in [1.54, 1.807) is 0 Å². The van der Waals surface area contributed by atoms with Gasteiger partial charge in [0.25, 0.3) is 5.91 Å². The van der Waals surface area contributed by atoms with Gasteiger partial charge in [-0.25, -0.2) is 5.48 Å². The Hall–Kier alpha value is -0.650. The van der Waals surface area contributed by atoms with E-state index < -0.39 is 12.0 Å². The van der Waals surface area contributed by atoms with Crippen molar-refractivity contribution in [2.24, 2.45) is 0 Å². The highest BCUT2D eigenvalue weighted by molar-refractivity contribution is 5.78. The Morgan fingerprint density at radius 2 is 2.40 bits per heavy atom. The van der Waals surface area contributed by atoms with Crippen LogP contribution in [0, 0.1) is 0 Å². The van der Waals surface area contributed by atoms with Crippen LogP contribution in [0.4, 0.5) is 0 Å². The monoisotopic (exact) mass is 149 g/mol. The average Bonchev–Trinajstić information content (AvgIpc) is 1.88. The molecule has 0 bridgehead atoms. The zero-order valence-corrected chi connectivity index (χ0v) is 5.70. The summed E-state index contributed by atoms with van der Waals surface area (Å²) in [6.07, 6.45) is -1.08. The highest BCUT2D eigenvalue weighted by atomic mass is 16.7. The van der Waals surface area contributed by atoms with Crippen LogP contribution >= 0.6 is 0 Å². The molecule has 0 aromatic carbocycles. The van der Waals surface area contributed by atoms with E-state index in [1.807, 2.05) is 5.48 Å². The van der Waals surface area contributed by atoms with Gasteiger partial charge in [0.05, 0.1) is 13.2 Å².